The van der Waals surface area contributed by atoms with Gasteiger partial charge in [0.1, 0.15) is 4.90 Å². The van der Waals surface area contributed by atoms with Gasteiger partial charge in [-0.05, 0) is 38.7 Å². The summed E-state index contributed by atoms with van der Waals surface area (Å²) in [6, 6.07) is 1.68. The molecule has 1 aromatic heterocycles. The number of aliphatic hydroxyl groups excluding tert-OH is 1. The maximum atomic E-state index is 12.7. The van der Waals surface area contributed by atoms with Crippen LogP contribution >= 0.6 is 0 Å². The number of piperidine rings is 1. The third-order valence-corrected chi connectivity index (χ3v) is 5.88. The molecule has 6 nitrogen and oxygen atoms in total. The molecule has 2 rings (SSSR count). The van der Waals surface area contributed by atoms with Crippen LogP contribution in [0, 0.1) is 5.92 Å². The van der Waals surface area contributed by atoms with Gasteiger partial charge in [-0.1, -0.05) is 0 Å². The fourth-order valence-corrected chi connectivity index (χ4v) is 4.24. The normalized spacial score (nSPS) is 19.4. The van der Waals surface area contributed by atoms with Crippen molar-refractivity contribution in [1.29, 1.82) is 0 Å². The molecule has 2 N–H and O–H groups in total. The molecule has 1 saturated heterocycles. The lowest BCUT2D eigenvalue weighted by atomic mass is 9.93. The maximum absolute atomic E-state index is 12.7. The molecule has 2 heterocycles. The van der Waals surface area contributed by atoms with Gasteiger partial charge < -0.3 is 10.4 Å². The van der Waals surface area contributed by atoms with Gasteiger partial charge in [-0.15, -0.1) is 0 Å². The van der Waals surface area contributed by atoms with Gasteiger partial charge in [-0.3, -0.25) is 4.98 Å². The summed E-state index contributed by atoms with van der Waals surface area (Å²) < 4.78 is 27.0. The number of hydrogen-bond acceptors (Lipinski definition) is 5. The summed E-state index contributed by atoms with van der Waals surface area (Å²) in [4.78, 5) is 4.17. The highest BCUT2D eigenvalue weighted by molar-refractivity contribution is 7.89. The van der Waals surface area contributed by atoms with Crippen molar-refractivity contribution in [3.8, 4) is 0 Å². The average molecular weight is 313 g/mol. The Balaban J connectivity index is 2.20. The van der Waals surface area contributed by atoms with Crippen LogP contribution in [0.5, 0.6) is 0 Å². The van der Waals surface area contributed by atoms with Crippen molar-refractivity contribution < 1.29 is 13.5 Å². The van der Waals surface area contributed by atoms with Crippen molar-refractivity contribution in [2.24, 2.45) is 5.92 Å². The zero-order valence-corrected chi connectivity index (χ0v) is 13.3. The lowest BCUT2D eigenvalue weighted by molar-refractivity contribution is 0.0912. The van der Waals surface area contributed by atoms with E-state index >= 15 is 0 Å². The van der Waals surface area contributed by atoms with Crippen molar-refractivity contribution >= 4 is 15.7 Å². The van der Waals surface area contributed by atoms with E-state index in [4.69, 9.17) is 0 Å². The van der Waals surface area contributed by atoms with E-state index in [1.807, 2.05) is 6.92 Å². The summed E-state index contributed by atoms with van der Waals surface area (Å²) in [5.74, 6) is 0.179. The monoisotopic (exact) mass is 313 g/mol. The topological polar surface area (TPSA) is 82.5 Å². The third kappa shape index (κ3) is 3.53. The zero-order chi connectivity index (χ0) is 15.5. The van der Waals surface area contributed by atoms with E-state index in [9.17, 15) is 13.5 Å². The number of aromatic nitrogens is 1. The van der Waals surface area contributed by atoms with Gasteiger partial charge in [0.15, 0.2) is 0 Å². The maximum Gasteiger partial charge on any atom is 0.246 e. The number of anilines is 1. The lowest BCUT2D eigenvalue weighted by Gasteiger charge is -2.32. The van der Waals surface area contributed by atoms with E-state index < -0.39 is 10.0 Å². The summed E-state index contributed by atoms with van der Waals surface area (Å²) in [5.41, 5.74) is 0.588. The van der Waals surface area contributed by atoms with Gasteiger partial charge in [-0.25, -0.2) is 8.42 Å². The molecule has 1 aliphatic heterocycles. The Kier molecular flexibility index (Phi) is 5.18. The van der Waals surface area contributed by atoms with Crippen LogP contribution in [0.3, 0.4) is 0 Å². The Labute approximate surface area is 126 Å². The molecule has 0 aromatic carbocycles. The van der Waals surface area contributed by atoms with E-state index in [1.54, 1.807) is 19.2 Å². The molecule has 21 heavy (non-hydrogen) atoms. The number of pyridine rings is 1. The predicted molar refractivity (Wildman–Crippen MR) is 81.6 cm³/mol. The zero-order valence-electron chi connectivity index (χ0n) is 12.5. The van der Waals surface area contributed by atoms with E-state index in [2.05, 4.69) is 10.3 Å². The molecule has 0 radical (unpaired) electrons. The largest absolute Gasteiger partial charge is 0.393 e. The minimum absolute atomic E-state index is 0.179. The van der Waals surface area contributed by atoms with Crippen LogP contribution in [0.1, 0.15) is 26.7 Å². The summed E-state index contributed by atoms with van der Waals surface area (Å²) >= 11 is 0. The average Bonchev–Trinajstić information content (AvgIpc) is 2.48. The summed E-state index contributed by atoms with van der Waals surface area (Å²) in [7, 11) is -3.54. The van der Waals surface area contributed by atoms with Crippen LogP contribution in [0.2, 0.25) is 0 Å². The second kappa shape index (κ2) is 6.72. The first-order chi connectivity index (χ1) is 9.96. The summed E-state index contributed by atoms with van der Waals surface area (Å²) in [5, 5.41) is 12.7. The fourth-order valence-electron chi connectivity index (χ4n) is 2.66. The van der Waals surface area contributed by atoms with Gasteiger partial charge in [0.25, 0.3) is 0 Å². The molecule has 7 heteroatoms. The second-order valence-electron chi connectivity index (χ2n) is 5.38. The highest BCUT2D eigenvalue weighted by Gasteiger charge is 2.32. The molecular formula is C14H23N3O3S. The predicted octanol–water partition coefficient (Wildman–Crippen LogP) is 1.29. The minimum atomic E-state index is -3.54. The van der Waals surface area contributed by atoms with Gasteiger partial charge in [-0.2, -0.15) is 4.31 Å². The molecule has 0 bridgehead atoms. The van der Waals surface area contributed by atoms with Crippen molar-refractivity contribution in [1.82, 2.24) is 9.29 Å². The van der Waals surface area contributed by atoms with Crippen LogP contribution in [0.4, 0.5) is 5.69 Å². The highest BCUT2D eigenvalue weighted by Crippen LogP contribution is 2.28. The summed E-state index contributed by atoms with van der Waals surface area (Å²) in [6.07, 6.45) is 3.97. The molecule has 1 fully saturated rings. The molecule has 1 unspecified atom stereocenters. The Morgan fingerprint density at radius 3 is 2.71 bits per heavy atom. The van der Waals surface area contributed by atoms with Crippen LogP contribution in [0.15, 0.2) is 23.4 Å². The number of sulfonamides is 1. The van der Waals surface area contributed by atoms with Crippen molar-refractivity contribution in [3.05, 3.63) is 18.5 Å². The first-order valence-corrected chi connectivity index (χ1v) is 8.77. The van der Waals surface area contributed by atoms with Gasteiger partial charge in [0, 0.05) is 32.0 Å². The number of nitrogens with one attached hydrogen (secondary N) is 1. The Bertz CT molecular complexity index is 567. The molecule has 0 aliphatic carbocycles. The molecule has 0 amide bonds. The molecule has 1 aromatic rings. The third-order valence-electron chi connectivity index (χ3n) is 3.95. The van der Waals surface area contributed by atoms with Crippen molar-refractivity contribution in [3.63, 3.8) is 0 Å². The first kappa shape index (κ1) is 16.2. The van der Waals surface area contributed by atoms with Crippen molar-refractivity contribution in [2.75, 3.05) is 25.0 Å². The first-order valence-electron chi connectivity index (χ1n) is 7.33. The van der Waals surface area contributed by atoms with Gasteiger partial charge in [0.05, 0.1) is 11.8 Å². The lowest BCUT2D eigenvalue weighted by Crippen LogP contribution is -2.40. The molecule has 0 spiro atoms. The van der Waals surface area contributed by atoms with Crippen LogP contribution < -0.4 is 5.32 Å². The SMILES string of the molecule is CCNc1ccncc1S(=O)(=O)N1CCC(C(C)O)CC1. The molecule has 0 saturated carbocycles. The van der Waals surface area contributed by atoms with E-state index in [0.717, 1.165) is 0 Å². The smallest absolute Gasteiger partial charge is 0.246 e. The standard InChI is InChI=1S/C14H23N3O3S/c1-3-16-13-4-7-15-10-14(13)21(19,20)17-8-5-12(6-9-17)11(2)18/h4,7,10-12,18H,3,5-6,8-9H2,1-2H3,(H,15,16). The quantitative estimate of drug-likeness (QED) is 0.856. The Morgan fingerprint density at radius 1 is 1.48 bits per heavy atom. The number of rotatable bonds is 5. The molecule has 118 valence electrons. The highest BCUT2D eigenvalue weighted by atomic mass is 32.2. The van der Waals surface area contributed by atoms with Gasteiger partial charge in [0.2, 0.25) is 10.0 Å². The minimum Gasteiger partial charge on any atom is -0.393 e. The van der Waals surface area contributed by atoms with Crippen LogP contribution in [0.25, 0.3) is 0 Å². The Hall–Kier alpha value is -1.18. The second-order valence-corrected chi connectivity index (χ2v) is 7.29. The van der Waals surface area contributed by atoms with Crippen LogP contribution in [-0.2, 0) is 10.0 Å². The van der Waals surface area contributed by atoms with Gasteiger partial charge >= 0.3 is 0 Å². The Morgan fingerprint density at radius 2 is 2.14 bits per heavy atom. The molecular weight excluding hydrogens is 290 g/mol. The van der Waals surface area contributed by atoms with E-state index in [-0.39, 0.29) is 16.9 Å². The fraction of sp³-hybridized carbons (Fsp3) is 0.643. The van der Waals surface area contributed by atoms with Crippen LogP contribution in [-0.4, -0.2) is 48.6 Å². The molecule has 1 aliphatic rings. The number of nitrogens with zero attached hydrogens (tertiary/aromatic N) is 2. The van der Waals surface area contributed by atoms with E-state index in [1.165, 1.54) is 10.5 Å². The number of aliphatic hydroxyl groups is 1. The van der Waals surface area contributed by atoms with E-state index in [0.29, 0.717) is 38.2 Å². The van der Waals surface area contributed by atoms with Crippen molar-refractivity contribution in [2.45, 2.75) is 37.7 Å². The molecule has 1 atom stereocenters. The summed E-state index contributed by atoms with van der Waals surface area (Å²) in [6.45, 7) is 5.22. The number of hydrogen-bond donors (Lipinski definition) is 2.